The molecule has 0 aliphatic carbocycles. The van der Waals surface area contributed by atoms with Crippen molar-refractivity contribution in [2.45, 2.75) is 37.4 Å². The highest BCUT2D eigenvalue weighted by molar-refractivity contribution is 8.00. The Labute approximate surface area is 121 Å². The monoisotopic (exact) mass is 276 g/mol. The van der Waals surface area contributed by atoms with Crippen molar-refractivity contribution in [1.29, 1.82) is 5.26 Å². The van der Waals surface area contributed by atoms with Crippen LogP contribution in [-0.2, 0) is 0 Å². The van der Waals surface area contributed by atoms with E-state index in [1.807, 2.05) is 42.1 Å². The molecular weight excluding hydrogens is 252 g/mol. The van der Waals surface area contributed by atoms with Crippen LogP contribution in [0.25, 0.3) is 0 Å². The molecule has 0 spiro atoms. The van der Waals surface area contributed by atoms with Crippen LogP contribution in [0, 0.1) is 11.3 Å². The van der Waals surface area contributed by atoms with Crippen molar-refractivity contribution in [3.63, 3.8) is 0 Å². The molecule has 0 fully saturated rings. The molecule has 1 rings (SSSR count). The summed E-state index contributed by atoms with van der Waals surface area (Å²) in [6, 6.07) is 12.4. The van der Waals surface area contributed by atoms with E-state index < -0.39 is 0 Å². The number of nitrogens with one attached hydrogen (secondary N) is 1. The fraction of sp³-hybridized carbons (Fsp3) is 0.562. The molecule has 0 aliphatic rings. The van der Waals surface area contributed by atoms with Crippen molar-refractivity contribution in [1.82, 2.24) is 5.32 Å². The Hall–Kier alpha value is -0.980. The van der Waals surface area contributed by atoms with E-state index in [2.05, 4.69) is 31.5 Å². The van der Waals surface area contributed by atoms with Crippen LogP contribution in [0.1, 0.15) is 38.2 Å². The molecule has 0 saturated heterocycles. The lowest BCUT2D eigenvalue weighted by Crippen LogP contribution is -2.38. The summed E-state index contributed by atoms with van der Waals surface area (Å²) < 4.78 is 0.302. The first-order chi connectivity index (χ1) is 9.21. The molecule has 0 saturated carbocycles. The zero-order valence-corrected chi connectivity index (χ0v) is 13.0. The summed E-state index contributed by atoms with van der Waals surface area (Å²) in [6.45, 7) is 6.16. The highest BCUT2D eigenvalue weighted by atomic mass is 32.2. The minimum absolute atomic E-state index is 0.0607. The van der Waals surface area contributed by atoms with Crippen LogP contribution < -0.4 is 5.32 Å². The number of nitriles is 1. The van der Waals surface area contributed by atoms with Crippen LogP contribution in [0.15, 0.2) is 30.3 Å². The zero-order valence-electron chi connectivity index (χ0n) is 12.1. The predicted octanol–water partition coefficient (Wildman–Crippen LogP) is 3.81. The van der Waals surface area contributed by atoms with Gasteiger partial charge in [0.25, 0.3) is 0 Å². The Morgan fingerprint density at radius 2 is 1.89 bits per heavy atom. The van der Waals surface area contributed by atoms with Crippen molar-refractivity contribution in [2.75, 3.05) is 19.3 Å². The van der Waals surface area contributed by atoms with Crippen LogP contribution >= 0.6 is 11.8 Å². The molecule has 104 valence electrons. The van der Waals surface area contributed by atoms with Gasteiger partial charge in [0.2, 0.25) is 0 Å². The molecule has 1 aromatic rings. The first kappa shape index (κ1) is 16.1. The van der Waals surface area contributed by atoms with Crippen LogP contribution in [0.5, 0.6) is 0 Å². The normalized spacial score (nSPS) is 12.9. The molecule has 1 atom stereocenters. The fourth-order valence-electron chi connectivity index (χ4n) is 2.23. The SMILES string of the molecule is CCC(CC)(CNCC(C#N)c1ccccc1)SC. The summed E-state index contributed by atoms with van der Waals surface area (Å²) >= 11 is 1.93. The third-order valence-electron chi connectivity index (χ3n) is 3.88. The summed E-state index contributed by atoms with van der Waals surface area (Å²) in [5, 5.41) is 12.8. The van der Waals surface area contributed by atoms with Gasteiger partial charge in [-0.15, -0.1) is 0 Å². The number of hydrogen-bond donors (Lipinski definition) is 1. The van der Waals surface area contributed by atoms with Crippen LogP contribution in [0.3, 0.4) is 0 Å². The molecule has 2 nitrogen and oxygen atoms in total. The van der Waals surface area contributed by atoms with E-state index in [4.69, 9.17) is 0 Å². The topological polar surface area (TPSA) is 35.8 Å². The number of nitrogens with zero attached hydrogens (tertiary/aromatic N) is 1. The van der Waals surface area contributed by atoms with Crippen LogP contribution in [0.2, 0.25) is 0 Å². The van der Waals surface area contributed by atoms with E-state index in [-0.39, 0.29) is 5.92 Å². The number of benzene rings is 1. The second-order valence-corrected chi connectivity index (χ2v) is 6.09. The number of hydrogen-bond acceptors (Lipinski definition) is 3. The van der Waals surface area contributed by atoms with E-state index in [0.29, 0.717) is 4.75 Å². The molecule has 0 amide bonds. The minimum atomic E-state index is -0.0607. The van der Waals surface area contributed by atoms with Crippen LogP contribution in [-0.4, -0.2) is 24.1 Å². The highest BCUT2D eigenvalue weighted by Gasteiger charge is 2.24. The lowest BCUT2D eigenvalue weighted by molar-refractivity contribution is 0.491. The van der Waals surface area contributed by atoms with Gasteiger partial charge in [-0.25, -0.2) is 0 Å². The van der Waals surface area contributed by atoms with E-state index in [1.165, 1.54) is 0 Å². The maximum absolute atomic E-state index is 9.29. The molecule has 1 N–H and O–H groups in total. The van der Waals surface area contributed by atoms with Crippen molar-refractivity contribution in [3.8, 4) is 6.07 Å². The first-order valence-corrected chi connectivity index (χ1v) is 8.14. The maximum Gasteiger partial charge on any atom is 0.0837 e. The van der Waals surface area contributed by atoms with Gasteiger partial charge in [-0.1, -0.05) is 44.2 Å². The van der Waals surface area contributed by atoms with Gasteiger partial charge in [-0.05, 0) is 24.7 Å². The molecule has 0 aromatic heterocycles. The van der Waals surface area contributed by atoms with E-state index >= 15 is 0 Å². The lowest BCUT2D eigenvalue weighted by atomic mass is 9.99. The standard InChI is InChI=1S/C16H24N2S/c1-4-16(5-2,19-3)13-18-12-15(11-17)14-9-7-6-8-10-14/h6-10,15,18H,4-5,12-13H2,1-3H3. The fourth-order valence-corrected chi connectivity index (χ4v) is 3.05. The smallest absolute Gasteiger partial charge is 0.0837 e. The van der Waals surface area contributed by atoms with Crippen LogP contribution in [0.4, 0.5) is 0 Å². The third kappa shape index (κ3) is 4.56. The van der Waals surface area contributed by atoms with Crippen molar-refractivity contribution in [2.24, 2.45) is 0 Å². The summed E-state index contributed by atoms with van der Waals surface area (Å²) in [4.78, 5) is 0. The molecule has 0 aliphatic heterocycles. The Balaban J connectivity index is 2.54. The summed E-state index contributed by atoms with van der Waals surface area (Å²) in [5.74, 6) is -0.0607. The van der Waals surface area contributed by atoms with Crippen molar-refractivity contribution in [3.05, 3.63) is 35.9 Å². The molecule has 3 heteroatoms. The molecule has 1 aromatic carbocycles. The summed E-state index contributed by atoms with van der Waals surface area (Å²) in [6.07, 6.45) is 4.48. The average molecular weight is 276 g/mol. The van der Waals surface area contributed by atoms with Gasteiger partial charge in [0.15, 0.2) is 0 Å². The third-order valence-corrected chi connectivity index (χ3v) is 5.46. The van der Waals surface area contributed by atoms with E-state index in [0.717, 1.165) is 31.5 Å². The van der Waals surface area contributed by atoms with Gasteiger partial charge in [0.1, 0.15) is 0 Å². The molecule has 0 heterocycles. The van der Waals surface area contributed by atoms with E-state index in [1.54, 1.807) is 0 Å². The Kier molecular flexibility index (Phi) is 6.97. The Morgan fingerprint density at radius 3 is 2.37 bits per heavy atom. The summed E-state index contributed by atoms with van der Waals surface area (Å²) in [5.41, 5.74) is 1.10. The average Bonchev–Trinajstić information content (AvgIpc) is 2.49. The zero-order chi connectivity index (χ0) is 14.1. The molecule has 0 bridgehead atoms. The molecule has 19 heavy (non-hydrogen) atoms. The molecule has 0 radical (unpaired) electrons. The Morgan fingerprint density at radius 1 is 1.26 bits per heavy atom. The van der Waals surface area contributed by atoms with Gasteiger partial charge >= 0.3 is 0 Å². The van der Waals surface area contributed by atoms with Gasteiger partial charge in [0, 0.05) is 17.8 Å². The highest BCUT2D eigenvalue weighted by Crippen LogP contribution is 2.29. The predicted molar refractivity (Wildman–Crippen MR) is 84.5 cm³/mol. The second kappa shape index (κ2) is 8.24. The lowest BCUT2D eigenvalue weighted by Gasteiger charge is -2.30. The minimum Gasteiger partial charge on any atom is -0.314 e. The van der Waals surface area contributed by atoms with Crippen molar-refractivity contribution >= 4 is 11.8 Å². The maximum atomic E-state index is 9.29. The first-order valence-electron chi connectivity index (χ1n) is 6.91. The number of thioether (sulfide) groups is 1. The second-order valence-electron chi connectivity index (χ2n) is 4.82. The molecule has 1 unspecified atom stereocenters. The molecular formula is C16H24N2S. The number of rotatable bonds is 8. The van der Waals surface area contributed by atoms with Gasteiger partial charge in [-0.3, -0.25) is 0 Å². The quantitative estimate of drug-likeness (QED) is 0.784. The van der Waals surface area contributed by atoms with E-state index in [9.17, 15) is 5.26 Å². The van der Waals surface area contributed by atoms with Crippen molar-refractivity contribution < 1.29 is 0 Å². The summed E-state index contributed by atoms with van der Waals surface area (Å²) in [7, 11) is 0. The van der Waals surface area contributed by atoms with Gasteiger partial charge in [-0.2, -0.15) is 17.0 Å². The Bertz CT molecular complexity index is 385. The van der Waals surface area contributed by atoms with Gasteiger partial charge < -0.3 is 5.32 Å². The van der Waals surface area contributed by atoms with Gasteiger partial charge in [0.05, 0.1) is 12.0 Å². The largest absolute Gasteiger partial charge is 0.314 e.